The average molecular weight is 406 g/mol. The van der Waals surface area contributed by atoms with Crippen molar-refractivity contribution in [2.24, 2.45) is 5.73 Å². The van der Waals surface area contributed by atoms with Crippen LogP contribution in [0.5, 0.6) is 0 Å². The summed E-state index contributed by atoms with van der Waals surface area (Å²) < 4.78 is 16.2. The van der Waals surface area contributed by atoms with Gasteiger partial charge in [0.2, 0.25) is 11.8 Å². The van der Waals surface area contributed by atoms with Gasteiger partial charge in [-0.25, -0.2) is 0 Å². The number of amides is 2. The zero-order valence-electron chi connectivity index (χ0n) is 16.3. The molecule has 1 aliphatic rings. The van der Waals surface area contributed by atoms with Gasteiger partial charge < -0.3 is 25.2 Å². The highest BCUT2D eigenvalue weighted by Gasteiger charge is 2.34. The maximum atomic E-state index is 12.4. The van der Waals surface area contributed by atoms with E-state index in [-0.39, 0.29) is 31.0 Å². The molecule has 0 aromatic rings. The zero-order chi connectivity index (χ0) is 20.3. The van der Waals surface area contributed by atoms with Gasteiger partial charge in [0.1, 0.15) is 0 Å². The molecule has 0 aromatic carbocycles. The Morgan fingerprint density at radius 1 is 1.07 bits per heavy atom. The molecule has 1 unspecified atom stereocenters. The van der Waals surface area contributed by atoms with E-state index in [1.807, 2.05) is 0 Å². The molecule has 158 valence electrons. The topological polar surface area (TPSA) is 130 Å². The van der Waals surface area contributed by atoms with E-state index in [0.717, 1.165) is 58.0 Å². The summed E-state index contributed by atoms with van der Waals surface area (Å²) in [5.74, 6) is -0.269. The van der Waals surface area contributed by atoms with Crippen molar-refractivity contribution in [2.75, 3.05) is 19.8 Å². The minimum Gasteiger partial charge on any atom is -0.391 e. The Bertz CT molecular complexity index is 510. The Balaban J connectivity index is 2.12. The molecular weight excluding hydrogens is 371 g/mol. The number of rotatable bonds is 14. The van der Waals surface area contributed by atoms with E-state index >= 15 is 0 Å². The monoisotopic (exact) mass is 406 g/mol. The summed E-state index contributed by atoms with van der Waals surface area (Å²) in [6.07, 6.45) is 8.74. The molecule has 1 heterocycles. The van der Waals surface area contributed by atoms with Crippen LogP contribution in [0.2, 0.25) is 0 Å². The van der Waals surface area contributed by atoms with E-state index in [0.29, 0.717) is 19.3 Å². The first-order chi connectivity index (χ1) is 12.7. The smallest absolute Gasteiger partial charge is 0.325 e. The van der Waals surface area contributed by atoms with Gasteiger partial charge in [-0.15, -0.1) is 0 Å². The Morgan fingerprint density at radius 2 is 1.59 bits per heavy atom. The normalized spacial score (nSPS) is 22.0. The summed E-state index contributed by atoms with van der Waals surface area (Å²) in [7, 11) is -3.59. The molecule has 1 aliphatic heterocycles. The quantitative estimate of drug-likeness (QED) is 0.299. The molecule has 9 heteroatoms. The number of nitrogens with two attached hydrogens (primary N) is 1. The van der Waals surface area contributed by atoms with Crippen LogP contribution in [0.4, 0.5) is 0 Å². The average Bonchev–Trinajstić information content (AvgIpc) is 2.94. The van der Waals surface area contributed by atoms with E-state index in [1.165, 1.54) is 0 Å². The summed E-state index contributed by atoms with van der Waals surface area (Å²) in [4.78, 5) is 33.8. The molecule has 8 nitrogen and oxygen atoms in total. The number of primary amides is 1. The number of β-amino-alcohol motifs (C(OH)–C–C–N with tert-alkyl or cyclic N) is 1. The highest BCUT2D eigenvalue weighted by molar-refractivity contribution is 7.51. The molecular formula is C18H35N2O6P. The van der Waals surface area contributed by atoms with Crippen molar-refractivity contribution in [3.05, 3.63) is 0 Å². The molecule has 3 atom stereocenters. The van der Waals surface area contributed by atoms with Gasteiger partial charge in [-0.05, 0) is 19.3 Å². The fourth-order valence-electron chi connectivity index (χ4n) is 3.36. The Morgan fingerprint density at radius 3 is 2.11 bits per heavy atom. The van der Waals surface area contributed by atoms with Crippen LogP contribution >= 0.6 is 7.60 Å². The number of aliphatic hydroxyl groups excluding tert-OH is 1. The summed E-state index contributed by atoms with van der Waals surface area (Å²) in [6, 6.07) is -0.340. The second-order valence-electron chi connectivity index (χ2n) is 7.48. The summed E-state index contributed by atoms with van der Waals surface area (Å²) in [5, 5.41) is 9.80. The number of hydrogen-bond donors (Lipinski definition) is 3. The largest absolute Gasteiger partial charge is 0.391 e. The number of carbonyl (C=O) groups is 2. The van der Waals surface area contributed by atoms with Crippen LogP contribution in [0, 0.1) is 0 Å². The number of unbranched alkanes of at least 4 members (excludes halogenated alkanes) is 7. The van der Waals surface area contributed by atoms with Gasteiger partial charge in [0.25, 0.3) is 0 Å². The van der Waals surface area contributed by atoms with Crippen molar-refractivity contribution in [1.82, 2.24) is 4.90 Å². The van der Waals surface area contributed by atoms with Crippen molar-refractivity contribution in [3.63, 3.8) is 0 Å². The third-order valence-electron chi connectivity index (χ3n) is 4.78. The number of hydrogen-bond acceptors (Lipinski definition) is 5. The van der Waals surface area contributed by atoms with Crippen molar-refractivity contribution in [2.45, 2.75) is 82.8 Å². The third kappa shape index (κ3) is 11.5. The molecule has 0 spiro atoms. The van der Waals surface area contributed by atoms with Gasteiger partial charge >= 0.3 is 7.60 Å². The first kappa shape index (κ1) is 24.1. The Labute approximate surface area is 162 Å². The van der Waals surface area contributed by atoms with Crippen molar-refractivity contribution in [1.29, 1.82) is 0 Å². The predicted octanol–water partition coefficient (Wildman–Crippen LogP) is 2.17. The lowest BCUT2D eigenvalue weighted by atomic mass is 10.1. The standard InChI is InChI=1S/C18H35N2O6P/c1-27(24,25)26-14-15-12-16(21)13-20(15)18(23)11-9-7-5-3-2-4-6-8-10-17(19)22/h15-16,21H,2-14H2,1H3,(H2,19,22)(H,24,25)/t15-,16+/m0/s1. The van der Waals surface area contributed by atoms with E-state index in [9.17, 15) is 24.2 Å². The van der Waals surface area contributed by atoms with Gasteiger partial charge in [0.15, 0.2) is 0 Å². The lowest BCUT2D eigenvalue weighted by Crippen LogP contribution is -2.38. The van der Waals surface area contributed by atoms with E-state index < -0.39 is 13.7 Å². The SMILES string of the molecule is CP(=O)(O)OC[C@@H]1C[C@@H](O)CN1C(=O)CCCCCCCCCCC(N)=O. The second-order valence-corrected chi connectivity index (χ2v) is 9.35. The molecule has 0 aromatic heterocycles. The molecule has 1 saturated heterocycles. The van der Waals surface area contributed by atoms with E-state index in [4.69, 9.17) is 10.3 Å². The number of nitrogens with zero attached hydrogens (tertiary/aromatic N) is 1. The second kappa shape index (κ2) is 12.5. The number of likely N-dealkylation sites (tertiary alicyclic amines) is 1. The van der Waals surface area contributed by atoms with Crippen LogP contribution in [0.1, 0.15) is 70.6 Å². The minimum absolute atomic E-state index is 0.0250. The van der Waals surface area contributed by atoms with Crippen molar-refractivity contribution in [3.8, 4) is 0 Å². The lowest BCUT2D eigenvalue weighted by molar-refractivity contribution is -0.133. The highest BCUT2D eigenvalue weighted by Crippen LogP contribution is 2.37. The van der Waals surface area contributed by atoms with Gasteiger partial charge in [0.05, 0.1) is 18.8 Å². The zero-order valence-corrected chi connectivity index (χ0v) is 17.2. The first-order valence-electron chi connectivity index (χ1n) is 9.89. The number of carbonyl (C=O) groups excluding carboxylic acids is 2. The minimum atomic E-state index is -3.59. The van der Waals surface area contributed by atoms with Crippen LogP contribution in [0.15, 0.2) is 0 Å². The highest BCUT2D eigenvalue weighted by atomic mass is 31.2. The van der Waals surface area contributed by atoms with Crippen molar-refractivity contribution < 1.29 is 28.7 Å². The van der Waals surface area contributed by atoms with Gasteiger partial charge in [-0.3, -0.25) is 14.2 Å². The molecule has 0 bridgehead atoms. The molecule has 2 amide bonds. The predicted molar refractivity (Wildman–Crippen MR) is 103 cm³/mol. The Kier molecular flexibility index (Phi) is 11.1. The first-order valence-corrected chi connectivity index (χ1v) is 11.9. The molecule has 0 radical (unpaired) electrons. The lowest BCUT2D eigenvalue weighted by Gasteiger charge is -2.24. The summed E-state index contributed by atoms with van der Waals surface area (Å²) in [5.41, 5.74) is 5.10. The van der Waals surface area contributed by atoms with Crippen LogP contribution in [-0.2, 0) is 18.7 Å². The van der Waals surface area contributed by atoms with Gasteiger partial charge in [-0.1, -0.05) is 38.5 Å². The van der Waals surface area contributed by atoms with Gasteiger partial charge in [0, 0.05) is 26.1 Å². The van der Waals surface area contributed by atoms with Crippen molar-refractivity contribution >= 4 is 19.4 Å². The van der Waals surface area contributed by atoms with Crippen LogP contribution in [-0.4, -0.2) is 58.7 Å². The van der Waals surface area contributed by atoms with E-state index in [1.54, 1.807) is 4.90 Å². The molecule has 1 rings (SSSR count). The fraction of sp³-hybridized carbons (Fsp3) is 0.889. The van der Waals surface area contributed by atoms with Crippen LogP contribution in [0.25, 0.3) is 0 Å². The van der Waals surface area contributed by atoms with Crippen LogP contribution < -0.4 is 5.73 Å². The fourth-order valence-corrected chi connectivity index (χ4v) is 3.81. The molecule has 4 N–H and O–H groups in total. The summed E-state index contributed by atoms with van der Waals surface area (Å²) in [6.45, 7) is 1.35. The maximum Gasteiger partial charge on any atom is 0.325 e. The summed E-state index contributed by atoms with van der Waals surface area (Å²) >= 11 is 0. The van der Waals surface area contributed by atoms with E-state index in [2.05, 4.69) is 0 Å². The maximum absolute atomic E-state index is 12.4. The molecule has 0 aliphatic carbocycles. The number of aliphatic hydroxyl groups is 1. The molecule has 0 saturated carbocycles. The third-order valence-corrected chi connectivity index (χ3v) is 5.41. The molecule has 1 fully saturated rings. The molecule has 27 heavy (non-hydrogen) atoms. The van der Waals surface area contributed by atoms with Crippen LogP contribution in [0.3, 0.4) is 0 Å². The van der Waals surface area contributed by atoms with Gasteiger partial charge in [-0.2, -0.15) is 0 Å². The Hall–Kier alpha value is -0.950.